The molecule has 0 aliphatic carbocycles. The Morgan fingerprint density at radius 3 is 1.75 bits per heavy atom. The second-order valence-corrected chi connectivity index (χ2v) is 12.9. The first-order valence-electron chi connectivity index (χ1n) is 17.2. The van der Waals surface area contributed by atoms with E-state index in [0.717, 1.165) is 61.1 Å². The largest absolute Gasteiger partial charge is 0.455 e. The van der Waals surface area contributed by atoms with Crippen LogP contribution in [0.5, 0.6) is 0 Å². The summed E-state index contributed by atoms with van der Waals surface area (Å²) in [6, 6.07) is 63.8. The van der Waals surface area contributed by atoms with Gasteiger partial charge in [0.05, 0.1) is 11.4 Å². The van der Waals surface area contributed by atoms with Gasteiger partial charge in [-0.2, -0.15) is 0 Å². The van der Waals surface area contributed by atoms with Crippen molar-refractivity contribution in [2.24, 2.45) is 0 Å². The Hall–Kier alpha value is -6.84. The zero-order valence-electron chi connectivity index (χ0n) is 27.6. The maximum atomic E-state index is 6.71. The van der Waals surface area contributed by atoms with Gasteiger partial charge in [0.15, 0.2) is 5.82 Å². The van der Waals surface area contributed by atoms with E-state index in [4.69, 9.17) is 14.4 Å². The van der Waals surface area contributed by atoms with Crippen molar-refractivity contribution in [2.75, 3.05) is 0 Å². The fourth-order valence-corrected chi connectivity index (χ4v) is 7.46. The quantitative estimate of drug-likeness (QED) is 0.174. The normalized spacial score (nSPS) is 11.5. The molecule has 0 radical (unpaired) electrons. The van der Waals surface area contributed by atoms with Gasteiger partial charge < -0.3 is 4.42 Å². The first kappa shape index (κ1) is 29.1. The first-order chi connectivity index (χ1) is 25.3. The van der Waals surface area contributed by atoms with Crippen LogP contribution in [0.2, 0.25) is 0 Å². The molecule has 10 rings (SSSR count). The number of hydrogen-bond acceptors (Lipinski definition) is 3. The molecule has 0 aliphatic heterocycles. The number of aromatic nitrogens is 2. The van der Waals surface area contributed by atoms with Gasteiger partial charge in [-0.1, -0.05) is 158 Å². The molecule has 3 nitrogen and oxygen atoms in total. The van der Waals surface area contributed by atoms with Gasteiger partial charge in [0.1, 0.15) is 11.2 Å². The smallest absolute Gasteiger partial charge is 0.160 e. The molecule has 0 bridgehead atoms. The second-order valence-electron chi connectivity index (χ2n) is 12.9. The Bertz CT molecular complexity index is 2830. The Kier molecular flexibility index (Phi) is 6.81. The van der Waals surface area contributed by atoms with Crippen molar-refractivity contribution in [2.45, 2.75) is 0 Å². The number of nitrogens with zero attached hydrogens (tertiary/aromatic N) is 2. The third-order valence-electron chi connectivity index (χ3n) is 9.90. The number of furan rings is 1. The third-order valence-corrected chi connectivity index (χ3v) is 9.90. The standard InChI is InChI=1S/C48H30N2O/c1-3-13-32(14-4-1)43-30-44(50-48(49-43)34-15-5-2-6-16-34)41-28-27-40-39-21-11-12-22-45(39)51-47(40)46(41)33-25-23-31(24-26-33)42-29-35-17-7-8-18-36(35)37-19-9-10-20-38(37)42/h1-30H. The zero-order valence-corrected chi connectivity index (χ0v) is 27.6. The monoisotopic (exact) mass is 650 g/mol. The summed E-state index contributed by atoms with van der Waals surface area (Å²) < 4.78 is 6.71. The fourth-order valence-electron chi connectivity index (χ4n) is 7.46. The molecule has 0 saturated heterocycles. The maximum absolute atomic E-state index is 6.71. The SMILES string of the molecule is c1ccc(-c2cc(-c3ccc4c(oc5ccccc54)c3-c3ccc(-c4cc5ccccc5c5ccccc45)cc3)nc(-c3ccccc3)n2)cc1. The highest BCUT2D eigenvalue weighted by molar-refractivity contribution is 6.15. The lowest BCUT2D eigenvalue weighted by atomic mass is 9.90. The van der Waals surface area contributed by atoms with Gasteiger partial charge in [-0.3, -0.25) is 0 Å². The minimum absolute atomic E-state index is 0.682. The second kappa shape index (κ2) is 11.9. The van der Waals surface area contributed by atoms with Crippen molar-refractivity contribution in [3.63, 3.8) is 0 Å². The van der Waals surface area contributed by atoms with Gasteiger partial charge in [0.25, 0.3) is 0 Å². The van der Waals surface area contributed by atoms with E-state index < -0.39 is 0 Å². The molecule has 2 aromatic heterocycles. The lowest BCUT2D eigenvalue weighted by Gasteiger charge is -2.15. The topological polar surface area (TPSA) is 38.9 Å². The zero-order chi connectivity index (χ0) is 33.7. The van der Waals surface area contributed by atoms with Crippen molar-refractivity contribution in [1.82, 2.24) is 9.97 Å². The number of rotatable bonds is 5. The van der Waals surface area contributed by atoms with E-state index in [-0.39, 0.29) is 0 Å². The van der Waals surface area contributed by atoms with E-state index in [1.54, 1.807) is 0 Å². The highest BCUT2D eigenvalue weighted by Crippen LogP contribution is 2.43. The van der Waals surface area contributed by atoms with Crippen LogP contribution in [0.25, 0.3) is 99.6 Å². The molecule has 8 aromatic carbocycles. The van der Waals surface area contributed by atoms with Crippen LogP contribution in [0.3, 0.4) is 0 Å². The summed E-state index contributed by atoms with van der Waals surface area (Å²) >= 11 is 0. The summed E-state index contributed by atoms with van der Waals surface area (Å²) in [4.78, 5) is 10.3. The molecule has 0 unspecified atom stereocenters. The number of hydrogen-bond donors (Lipinski definition) is 0. The van der Waals surface area contributed by atoms with Crippen LogP contribution in [-0.2, 0) is 0 Å². The van der Waals surface area contributed by atoms with Crippen LogP contribution >= 0.6 is 0 Å². The summed E-state index contributed by atoms with van der Waals surface area (Å²) in [5, 5.41) is 7.18. The predicted molar refractivity (Wildman–Crippen MR) is 212 cm³/mol. The van der Waals surface area contributed by atoms with E-state index in [0.29, 0.717) is 5.82 Å². The van der Waals surface area contributed by atoms with Crippen LogP contribution in [0.4, 0.5) is 0 Å². The van der Waals surface area contributed by atoms with Gasteiger partial charge in [-0.05, 0) is 62.5 Å². The molecule has 0 saturated carbocycles. The molecule has 0 amide bonds. The van der Waals surface area contributed by atoms with Crippen molar-refractivity contribution >= 4 is 43.5 Å². The molecule has 3 heteroatoms. The van der Waals surface area contributed by atoms with Crippen molar-refractivity contribution in [1.29, 1.82) is 0 Å². The summed E-state index contributed by atoms with van der Waals surface area (Å²) in [5.74, 6) is 0.682. The summed E-state index contributed by atoms with van der Waals surface area (Å²) in [7, 11) is 0. The van der Waals surface area contributed by atoms with E-state index in [1.165, 1.54) is 32.7 Å². The molecule has 0 N–H and O–H groups in total. The van der Waals surface area contributed by atoms with E-state index in [9.17, 15) is 0 Å². The predicted octanol–water partition coefficient (Wildman–Crippen LogP) is 13.0. The van der Waals surface area contributed by atoms with Gasteiger partial charge in [-0.25, -0.2) is 9.97 Å². The van der Waals surface area contributed by atoms with Gasteiger partial charge >= 0.3 is 0 Å². The van der Waals surface area contributed by atoms with Crippen LogP contribution in [0.1, 0.15) is 0 Å². The minimum atomic E-state index is 0.682. The highest BCUT2D eigenvalue weighted by Gasteiger charge is 2.20. The van der Waals surface area contributed by atoms with Gasteiger partial charge in [-0.15, -0.1) is 0 Å². The number of benzene rings is 8. The molecular formula is C48H30N2O. The molecule has 0 fully saturated rings. The van der Waals surface area contributed by atoms with Crippen LogP contribution < -0.4 is 0 Å². The Morgan fingerprint density at radius 2 is 0.961 bits per heavy atom. The summed E-state index contributed by atoms with van der Waals surface area (Å²) in [5.41, 5.74) is 10.9. The van der Waals surface area contributed by atoms with Crippen molar-refractivity contribution in [3.05, 3.63) is 182 Å². The molecular weight excluding hydrogens is 621 g/mol. The Balaban J connectivity index is 1.20. The fraction of sp³-hybridized carbons (Fsp3) is 0. The lowest BCUT2D eigenvalue weighted by molar-refractivity contribution is 0.670. The van der Waals surface area contributed by atoms with E-state index in [1.807, 2.05) is 48.5 Å². The molecule has 0 spiro atoms. The van der Waals surface area contributed by atoms with Gasteiger partial charge in [0, 0.05) is 33.0 Å². The molecule has 51 heavy (non-hydrogen) atoms. The lowest BCUT2D eigenvalue weighted by Crippen LogP contribution is -1.97. The average molecular weight is 651 g/mol. The average Bonchev–Trinajstić information content (AvgIpc) is 3.60. The highest BCUT2D eigenvalue weighted by atomic mass is 16.3. The first-order valence-corrected chi connectivity index (χ1v) is 17.2. The molecule has 2 heterocycles. The third kappa shape index (κ3) is 4.98. The molecule has 0 atom stereocenters. The molecule has 238 valence electrons. The van der Waals surface area contributed by atoms with E-state index in [2.05, 4.69) is 133 Å². The van der Waals surface area contributed by atoms with Crippen LogP contribution in [0.15, 0.2) is 186 Å². The molecule has 10 aromatic rings. The Labute approximate surface area is 295 Å². The number of para-hydroxylation sites is 1. The summed E-state index contributed by atoms with van der Waals surface area (Å²) in [6.45, 7) is 0. The summed E-state index contributed by atoms with van der Waals surface area (Å²) in [6.07, 6.45) is 0. The van der Waals surface area contributed by atoms with Crippen LogP contribution in [0, 0.1) is 0 Å². The maximum Gasteiger partial charge on any atom is 0.160 e. The molecule has 0 aliphatic rings. The van der Waals surface area contributed by atoms with Crippen molar-refractivity contribution in [3.8, 4) is 56.2 Å². The van der Waals surface area contributed by atoms with Crippen LogP contribution in [-0.4, -0.2) is 9.97 Å². The van der Waals surface area contributed by atoms with Crippen molar-refractivity contribution < 1.29 is 4.42 Å². The number of fused-ring (bicyclic) bond motifs is 6. The van der Waals surface area contributed by atoms with Gasteiger partial charge in [0.2, 0.25) is 0 Å². The minimum Gasteiger partial charge on any atom is -0.455 e. The van der Waals surface area contributed by atoms with E-state index >= 15 is 0 Å². The Morgan fingerprint density at radius 1 is 0.353 bits per heavy atom.